The predicted molar refractivity (Wildman–Crippen MR) is 69.2 cm³/mol. The van der Waals surface area contributed by atoms with Crippen molar-refractivity contribution in [2.75, 3.05) is 13.1 Å². The van der Waals surface area contributed by atoms with Gasteiger partial charge in [0.2, 0.25) is 5.70 Å². The molecule has 106 valence electrons. The molecule has 1 heterocycles. The first-order valence-corrected chi connectivity index (χ1v) is 6.52. The van der Waals surface area contributed by atoms with Gasteiger partial charge in [0, 0.05) is 24.9 Å². The van der Waals surface area contributed by atoms with Crippen LogP contribution in [-0.4, -0.2) is 34.6 Å². The lowest BCUT2D eigenvalue weighted by Crippen LogP contribution is -2.59. The molecule has 1 aliphatic carbocycles. The highest BCUT2D eigenvalue weighted by Gasteiger charge is 2.47. The van der Waals surface area contributed by atoms with Crippen molar-refractivity contribution in [1.82, 2.24) is 4.90 Å². The summed E-state index contributed by atoms with van der Waals surface area (Å²) in [4.78, 5) is 23.8. The fourth-order valence-electron chi connectivity index (χ4n) is 2.60. The Morgan fingerprint density at radius 3 is 2.53 bits per heavy atom. The summed E-state index contributed by atoms with van der Waals surface area (Å²) in [6.45, 7) is 6.81. The van der Waals surface area contributed by atoms with E-state index < -0.39 is 5.60 Å². The van der Waals surface area contributed by atoms with Crippen molar-refractivity contribution < 1.29 is 14.5 Å². The molecular formula is C13H20N2O4. The molecule has 0 aromatic carbocycles. The van der Waals surface area contributed by atoms with Crippen molar-refractivity contribution >= 4 is 6.09 Å². The molecule has 1 saturated heterocycles. The molecule has 0 aromatic heterocycles. The maximum atomic E-state index is 11.8. The molecule has 1 amide bonds. The smallest absolute Gasteiger partial charge is 0.410 e. The van der Waals surface area contributed by atoms with Crippen LogP contribution >= 0.6 is 0 Å². The highest BCUT2D eigenvalue weighted by molar-refractivity contribution is 5.69. The van der Waals surface area contributed by atoms with E-state index in [2.05, 4.69) is 0 Å². The Morgan fingerprint density at radius 2 is 2.11 bits per heavy atom. The average Bonchev–Trinajstić information content (AvgIpc) is 2.23. The molecular weight excluding hydrogens is 248 g/mol. The standard InChI is InChI=1S/C13H20N2O4/c1-12(2,3)19-11(16)14-8-13(9-14)6-4-10(5-7-13)15(17)18/h4H,5-9H2,1-3H3. The van der Waals surface area contributed by atoms with Gasteiger partial charge in [-0.1, -0.05) is 0 Å². The zero-order chi connectivity index (χ0) is 14.3. The summed E-state index contributed by atoms with van der Waals surface area (Å²) < 4.78 is 5.30. The van der Waals surface area contributed by atoms with Crippen molar-refractivity contribution in [2.24, 2.45) is 5.41 Å². The topological polar surface area (TPSA) is 72.7 Å². The molecule has 0 N–H and O–H groups in total. The zero-order valence-electron chi connectivity index (χ0n) is 11.6. The van der Waals surface area contributed by atoms with Crippen molar-refractivity contribution in [2.45, 2.75) is 45.6 Å². The van der Waals surface area contributed by atoms with Crippen LogP contribution in [0, 0.1) is 15.5 Å². The summed E-state index contributed by atoms with van der Waals surface area (Å²) >= 11 is 0. The van der Waals surface area contributed by atoms with Gasteiger partial charge >= 0.3 is 6.09 Å². The summed E-state index contributed by atoms with van der Waals surface area (Å²) in [5.41, 5.74) is -0.136. The number of rotatable bonds is 1. The van der Waals surface area contributed by atoms with Crippen molar-refractivity contribution in [3.05, 3.63) is 21.9 Å². The molecule has 0 aromatic rings. The van der Waals surface area contributed by atoms with E-state index in [1.165, 1.54) is 0 Å². The third-order valence-electron chi connectivity index (χ3n) is 3.62. The van der Waals surface area contributed by atoms with E-state index in [1.54, 1.807) is 11.0 Å². The first kappa shape index (κ1) is 13.8. The highest BCUT2D eigenvalue weighted by atomic mass is 16.6. The molecule has 0 radical (unpaired) electrons. The van der Waals surface area contributed by atoms with Gasteiger partial charge in [0.05, 0.1) is 4.92 Å². The van der Waals surface area contributed by atoms with Gasteiger partial charge in [0.15, 0.2) is 0 Å². The fourth-order valence-corrected chi connectivity index (χ4v) is 2.60. The maximum absolute atomic E-state index is 11.8. The minimum atomic E-state index is -0.481. The van der Waals surface area contributed by atoms with Gasteiger partial charge in [-0.15, -0.1) is 0 Å². The molecule has 2 aliphatic rings. The van der Waals surface area contributed by atoms with Crippen LogP contribution in [0.1, 0.15) is 40.0 Å². The molecule has 0 atom stereocenters. The lowest BCUT2D eigenvalue weighted by Gasteiger charge is -2.50. The van der Waals surface area contributed by atoms with Gasteiger partial charge in [-0.3, -0.25) is 10.1 Å². The maximum Gasteiger partial charge on any atom is 0.410 e. The van der Waals surface area contributed by atoms with Gasteiger partial charge < -0.3 is 9.64 Å². The number of nitro groups is 1. The summed E-state index contributed by atoms with van der Waals surface area (Å²) in [6.07, 6.45) is 3.37. The Morgan fingerprint density at radius 1 is 1.47 bits per heavy atom. The lowest BCUT2D eigenvalue weighted by molar-refractivity contribution is -0.430. The van der Waals surface area contributed by atoms with Crippen molar-refractivity contribution in [3.8, 4) is 0 Å². The second-order valence-corrected chi connectivity index (χ2v) is 6.49. The van der Waals surface area contributed by atoms with Gasteiger partial charge in [-0.25, -0.2) is 4.79 Å². The van der Waals surface area contributed by atoms with Gasteiger partial charge in [0.1, 0.15) is 5.60 Å². The van der Waals surface area contributed by atoms with Crippen molar-refractivity contribution in [1.29, 1.82) is 0 Å². The first-order valence-electron chi connectivity index (χ1n) is 6.52. The summed E-state index contributed by atoms with van der Waals surface area (Å²) in [6, 6.07) is 0. The minimum Gasteiger partial charge on any atom is -0.444 e. The predicted octanol–water partition coefficient (Wildman–Crippen LogP) is 2.57. The Bertz CT molecular complexity index is 430. The molecule has 19 heavy (non-hydrogen) atoms. The number of hydrogen-bond donors (Lipinski definition) is 0. The number of carbonyl (C=O) groups excluding carboxylic acids is 1. The number of likely N-dealkylation sites (tertiary alicyclic amines) is 1. The summed E-state index contributed by atoms with van der Waals surface area (Å²) in [7, 11) is 0. The number of amides is 1. The highest BCUT2D eigenvalue weighted by Crippen LogP contribution is 2.43. The third kappa shape index (κ3) is 3.05. The Labute approximate surface area is 112 Å². The van der Waals surface area contributed by atoms with E-state index >= 15 is 0 Å². The fraction of sp³-hybridized carbons (Fsp3) is 0.769. The number of ether oxygens (including phenoxy) is 1. The van der Waals surface area contributed by atoms with E-state index in [0.717, 1.165) is 6.42 Å². The Kier molecular flexibility index (Phi) is 3.28. The largest absolute Gasteiger partial charge is 0.444 e. The van der Waals surface area contributed by atoms with Gasteiger partial charge in [0.25, 0.3) is 0 Å². The van der Waals surface area contributed by atoms with Crippen LogP contribution in [0.15, 0.2) is 11.8 Å². The second-order valence-electron chi connectivity index (χ2n) is 6.49. The van der Waals surface area contributed by atoms with Crippen LogP contribution in [-0.2, 0) is 4.74 Å². The normalized spacial score (nSPS) is 21.6. The lowest BCUT2D eigenvalue weighted by atomic mass is 9.70. The van der Waals surface area contributed by atoms with Crippen LogP contribution in [0.25, 0.3) is 0 Å². The Hall–Kier alpha value is -1.59. The van der Waals surface area contributed by atoms with Crippen LogP contribution < -0.4 is 0 Å². The van der Waals surface area contributed by atoms with E-state index in [4.69, 9.17) is 4.74 Å². The average molecular weight is 268 g/mol. The number of carbonyl (C=O) groups is 1. The third-order valence-corrected chi connectivity index (χ3v) is 3.62. The Balaban J connectivity index is 1.87. The van der Waals surface area contributed by atoms with Crippen molar-refractivity contribution in [3.63, 3.8) is 0 Å². The summed E-state index contributed by atoms with van der Waals surface area (Å²) in [5.74, 6) is 0. The van der Waals surface area contributed by atoms with Gasteiger partial charge in [-0.2, -0.15) is 0 Å². The zero-order valence-corrected chi connectivity index (χ0v) is 11.6. The van der Waals surface area contributed by atoms with Gasteiger partial charge in [-0.05, 0) is 39.7 Å². The van der Waals surface area contributed by atoms with Crippen LogP contribution in [0.5, 0.6) is 0 Å². The monoisotopic (exact) mass is 268 g/mol. The van der Waals surface area contributed by atoms with E-state index in [1.807, 2.05) is 20.8 Å². The molecule has 0 saturated carbocycles. The number of hydrogen-bond acceptors (Lipinski definition) is 4. The SMILES string of the molecule is CC(C)(C)OC(=O)N1CC2(CC=C([N+](=O)[O-])CC2)C1. The molecule has 1 aliphatic heterocycles. The molecule has 0 unspecified atom stereocenters. The van der Waals surface area contributed by atoms with Crippen LogP contribution in [0.3, 0.4) is 0 Å². The van der Waals surface area contributed by atoms with E-state index in [9.17, 15) is 14.9 Å². The molecule has 1 fully saturated rings. The quantitative estimate of drug-likeness (QED) is 0.541. The molecule has 1 spiro atoms. The summed E-state index contributed by atoms with van der Waals surface area (Å²) in [5, 5.41) is 10.7. The van der Waals surface area contributed by atoms with Crippen LogP contribution in [0.4, 0.5) is 4.79 Å². The number of allylic oxidation sites excluding steroid dienone is 2. The number of nitrogens with zero attached hydrogens (tertiary/aromatic N) is 2. The van der Waals surface area contributed by atoms with E-state index in [0.29, 0.717) is 31.6 Å². The second kappa shape index (κ2) is 4.51. The molecule has 0 bridgehead atoms. The molecule has 2 rings (SSSR count). The van der Waals surface area contributed by atoms with E-state index in [-0.39, 0.29) is 16.4 Å². The molecule has 6 heteroatoms. The minimum absolute atomic E-state index is 0.0381. The van der Waals surface area contributed by atoms with Crippen LogP contribution in [0.2, 0.25) is 0 Å². The molecule has 6 nitrogen and oxygen atoms in total. The first-order chi connectivity index (χ1) is 8.71.